The van der Waals surface area contributed by atoms with Crippen LogP contribution in [0.5, 0.6) is 0 Å². The Morgan fingerprint density at radius 1 is 1.44 bits per heavy atom. The Morgan fingerprint density at radius 2 is 2.17 bits per heavy atom. The molecule has 6 nitrogen and oxygen atoms in total. The molecule has 0 aliphatic rings. The Balaban J connectivity index is 2.49. The van der Waals surface area contributed by atoms with Crippen molar-refractivity contribution in [3.8, 4) is 0 Å². The molecule has 0 aromatic carbocycles. The SMILES string of the molecule is COCCOCCNc1c(C(N)=S)c(C)nn1C. The van der Waals surface area contributed by atoms with Crippen molar-refractivity contribution < 1.29 is 9.47 Å². The van der Waals surface area contributed by atoms with E-state index in [4.69, 9.17) is 27.4 Å². The van der Waals surface area contributed by atoms with Crippen molar-refractivity contribution in [1.29, 1.82) is 0 Å². The summed E-state index contributed by atoms with van der Waals surface area (Å²) in [6.07, 6.45) is 0. The number of methoxy groups -OCH3 is 1. The minimum Gasteiger partial charge on any atom is -0.389 e. The van der Waals surface area contributed by atoms with Gasteiger partial charge in [0.25, 0.3) is 0 Å². The molecule has 0 aliphatic carbocycles. The van der Waals surface area contributed by atoms with Gasteiger partial charge < -0.3 is 20.5 Å². The Bertz CT molecular complexity index is 406. The van der Waals surface area contributed by atoms with Gasteiger partial charge in [0.1, 0.15) is 10.8 Å². The second-order valence-electron chi connectivity index (χ2n) is 3.83. The molecule has 0 amide bonds. The van der Waals surface area contributed by atoms with E-state index in [1.165, 1.54) is 0 Å². The predicted molar refractivity (Wildman–Crippen MR) is 75.0 cm³/mol. The molecule has 102 valence electrons. The van der Waals surface area contributed by atoms with E-state index < -0.39 is 0 Å². The summed E-state index contributed by atoms with van der Waals surface area (Å²) in [5.74, 6) is 0.829. The number of nitrogens with one attached hydrogen (secondary N) is 1. The minimum absolute atomic E-state index is 0.350. The lowest BCUT2D eigenvalue weighted by atomic mass is 10.2. The van der Waals surface area contributed by atoms with Crippen LogP contribution in [0.4, 0.5) is 5.82 Å². The van der Waals surface area contributed by atoms with E-state index >= 15 is 0 Å². The third kappa shape index (κ3) is 3.94. The molecule has 18 heavy (non-hydrogen) atoms. The van der Waals surface area contributed by atoms with Crippen LogP contribution in [-0.4, -0.2) is 48.2 Å². The van der Waals surface area contributed by atoms with Crippen LogP contribution in [0, 0.1) is 6.92 Å². The van der Waals surface area contributed by atoms with Crippen LogP contribution in [0.3, 0.4) is 0 Å². The first-order valence-corrected chi connectivity index (χ1v) is 6.12. The molecule has 7 heteroatoms. The molecule has 0 saturated heterocycles. The van der Waals surface area contributed by atoms with E-state index in [9.17, 15) is 0 Å². The average molecular weight is 272 g/mol. The topological polar surface area (TPSA) is 74.3 Å². The quantitative estimate of drug-likeness (QED) is 0.528. The van der Waals surface area contributed by atoms with Crippen LogP contribution in [0.2, 0.25) is 0 Å². The standard InChI is InChI=1S/C11H20N4O2S/c1-8-9(10(12)18)11(15(2)14-8)13-4-5-17-7-6-16-3/h13H,4-7H2,1-3H3,(H2,12,18). The van der Waals surface area contributed by atoms with E-state index in [0.717, 1.165) is 17.1 Å². The van der Waals surface area contributed by atoms with Gasteiger partial charge in [0.15, 0.2) is 0 Å². The number of rotatable bonds is 8. The average Bonchev–Trinajstić information content (AvgIpc) is 2.58. The van der Waals surface area contributed by atoms with E-state index in [1.807, 2.05) is 14.0 Å². The first kappa shape index (κ1) is 14.9. The van der Waals surface area contributed by atoms with Gasteiger partial charge in [0.05, 0.1) is 31.1 Å². The van der Waals surface area contributed by atoms with Gasteiger partial charge in [-0.15, -0.1) is 0 Å². The predicted octanol–water partition coefficient (Wildman–Crippen LogP) is 0.438. The lowest BCUT2D eigenvalue weighted by molar-refractivity contribution is 0.0759. The van der Waals surface area contributed by atoms with E-state index in [0.29, 0.717) is 31.4 Å². The summed E-state index contributed by atoms with van der Waals surface area (Å²) < 4.78 is 12.0. The third-order valence-electron chi connectivity index (χ3n) is 2.44. The van der Waals surface area contributed by atoms with Gasteiger partial charge >= 0.3 is 0 Å². The monoisotopic (exact) mass is 272 g/mol. The largest absolute Gasteiger partial charge is 0.389 e. The highest BCUT2D eigenvalue weighted by atomic mass is 32.1. The van der Waals surface area contributed by atoms with Crippen LogP contribution < -0.4 is 11.1 Å². The minimum atomic E-state index is 0.350. The molecule has 1 aromatic heterocycles. The number of hydrogen-bond donors (Lipinski definition) is 2. The summed E-state index contributed by atoms with van der Waals surface area (Å²) in [4.78, 5) is 0.350. The molecule has 0 saturated carbocycles. The van der Waals surface area contributed by atoms with Crippen LogP contribution in [0.1, 0.15) is 11.3 Å². The summed E-state index contributed by atoms with van der Waals surface area (Å²) >= 11 is 5.02. The molecule has 0 atom stereocenters. The second kappa shape index (κ2) is 7.30. The van der Waals surface area contributed by atoms with Crippen molar-refractivity contribution in [2.24, 2.45) is 12.8 Å². The highest BCUT2D eigenvalue weighted by Gasteiger charge is 2.14. The molecular formula is C11H20N4O2S. The van der Waals surface area contributed by atoms with Crippen molar-refractivity contribution in [3.63, 3.8) is 0 Å². The highest BCUT2D eigenvalue weighted by Crippen LogP contribution is 2.17. The van der Waals surface area contributed by atoms with Crippen molar-refractivity contribution in [2.75, 3.05) is 38.8 Å². The Morgan fingerprint density at radius 3 is 2.78 bits per heavy atom. The van der Waals surface area contributed by atoms with Crippen molar-refractivity contribution >= 4 is 23.0 Å². The summed E-state index contributed by atoms with van der Waals surface area (Å²) in [5, 5.41) is 7.51. The number of ether oxygens (including phenoxy) is 2. The molecule has 0 unspecified atom stereocenters. The lowest BCUT2D eigenvalue weighted by Gasteiger charge is -2.09. The Labute approximate surface area is 112 Å². The second-order valence-corrected chi connectivity index (χ2v) is 4.27. The molecule has 0 radical (unpaired) electrons. The van der Waals surface area contributed by atoms with Gasteiger partial charge in [-0.1, -0.05) is 12.2 Å². The molecule has 0 aliphatic heterocycles. The van der Waals surface area contributed by atoms with Gasteiger partial charge in [-0.25, -0.2) is 0 Å². The number of nitrogens with zero attached hydrogens (tertiary/aromatic N) is 2. The third-order valence-corrected chi connectivity index (χ3v) is 2.64. The van der Waals surface area contributed by atoms with Gasteiger partial charge in [0.2, 0.25) is 0 Å². The van der Waals surface area contributed by atoms with Crippen molar-refractivity contribution in [3.05, 3.63) is 11.3 Å². The van der Waals surface area contributed by atoms with Crippen molar-refractivity contribution in [1.82, 2.24) is 9.78 Å². The number of aryl methyl sites for hydroxylation is 2. The number of anilines is 1. The fraction of sp³-hybridized carbons (Fsp3) is 0.636. The first-order chi connectivity index (χ1) is 8.57. The molecular weight excluding hydrogens is 252 g/mol. The zero-order valence-corrected chi connectivity index (χ0v) is 11.8. The van der Waals surface area contributed by atoms with Crippen molar-refractivity contribution in [2.45, 2.75) is 6.92 Å². The normalized spacial score (nSPS) is 10.6. The molecule has 0 spiro atoms. The molecule has 1 aromatic rings. The molecule has 3 N–H and O–H groups in total. The molecule has 0 bridgehead atoms. The number of nitrogens with two attached hydrogens (primary N) is 1. The van der Waals surface area contributed by atoms with Gasteiger partial charge in [-0.05, 0) is 6.92 Å². The number of thiocarbonyl (C=S) groups is 1. The Hall–Kier alpha value is -1.18. The number of aromatic nitrogens is 2. The molecule has 1 rings (SSSR count). The van der Waals surface area contributed by atoms with Crippen LogP contribution in [0.25, 0.3) is 0 Å². The fourth-order valence-corrected chi connectivity index (χ4v) is 1.89. The smallest absolute Gasteiger partial charge is 0.134 e. The van der Waals surface area contributed by atoms with Crippen LogP contribution >= 0.6 is 12.2 Å². The highest BCUT2D eigenvalue weighted by molar-refractivity contribution is 7.80. The molecule has 0 fully saturated rings. The summed E-state index contributed by atoms with van der Waals surface area (Å²) in [6, 6.07) is 0. The summed E-state index contributed by atoms with van der Waals surface area (Å²) in [6.45, 7) is 4.32. The maximum Gasteiger partial charge on any atom is 0.134 e. The first-order valence-electron chi connectivity index (χ1n) is 5.72. The lowest BCUT2D eigenvalue weighted by Crippen LogP contribution is -2.17. The maximum absolute atomic E-state index is 5.69. The van der Waals surface area contributed by atoms with Gasteiger partial charge in [-0.3, -0.25) is 4.68 Å². The van der Waals surface area contributed by atoms with E-state index in [1.54, 1.807) is 11.8 Å². The van der Waals surface area contributed by atoms with Crippen LogP contribution in [-0.2, 0) is 16.5 Å². The van der Waals surface area contributed by atoms with Crippen LogP contribution in [0.15, 0.2) is 0 Å². The van der Waals surface area contributed by atoms with Gasteiger partial charge in [0, 0.05) is 20.7 Å². The zero-order chi connectivity index (χ0) is 13.5. The van der Waals surface area contributed by atoms with E-state index in [-0.39, 0.29) is 0 Å². The summed E-state index contributed by atoms with van der Waals surface area (Å²) in [5.41, 5.74) is 7.31. The maximum atomic E-state index is 5.69. The summed E-state index contributed by atoms with van der Waals surface area (Å²) in [7, 11) is 3.50. The van der Waals surface area contributed by atoms with E-state index in [2.05, 4.69) is 10.4 Å². The number of hydrogen-bond acceptors (Lipinski definition) is 5. The zero-order valence-electron chi connectivity index (χ0n) is 11.0. The Kier molecular flexibility index (Phi) is 6.03. The fourth-order valence-electron chi connectivity index (χ4n) is 1.64. The van der Waals surface area contributed by atoms with Gasteiger partial charge in [-0.2, -0.15) is 5.10 Å². The molecule has 1 heterocycles.